The minimum Gasteiger partial charge on any atom is -0.454 e. The average molecular weight is 603 g/mol. The van der Waals surface area contributed by atoms with Crippen molar-refractivity contribution < 1.29 is 27.4 Å². The highest BCUT2D eigenvalue weighted by molar-refractivity contribution is 6.08. The molecule has 2 saturated heterocycles. The lowest BCUT2D eigenvalue weighted by molar-refractivity contribution is -0.137. The van der Waals surface area contributed by atoms with Crippen LogP contribution in [0.4, 0.5) is 19.0 Å². The molecule has 228 valence electrons. The number of hydrogen-bond acceptors (Lipinski definition) is 6. The third kappa shape index (κ3) is 5.78. The van der Waals surface area contributed by atoms with E-state index in [1.807, 2.05) is 41.3 Å². The summed E-state index contributed by atoms with van der Waals surface area (Å²) in [5.41, 5.74) is 3.04. The molecule has 0 radical (unpaired) electrons. The zero-order valence-electron chi connectivity index (χ0n) is 24.2. The summed E-state index contributed by atoms with van der Waals surface area (Å²) in [7, 11) is 0. The molecular weight excluding hydrogens is 569 g/mol. The summed E-state index contributed by atoms with van der Waals surface area (Å²) in [6.07, 6.45) is -0.0250. The van der Waals surface area contributed by atoms with Crippen molar-refractivity contribution in [2.45, 2.75) is 44.4 Å². The third-order valence-electron chi connectivity index (χ3n) is 8.81. The van der Waals surface area contributed by atoms with Gasteiger partial charge in [-0.25, -0.2) is 4.98 Å². The molecule has 0 saturated carbocycles. The first-order valence-corrected chi connectivity index (χ1v) is 15.1. The summed E-state index contributed by atoms with van der Waals surface area (Å²) in [6.45, 7) is 4.21. The number of ether oxygens (including phenoxy) is 2. The van der Waals surface area contributed by atoms with E-state index in [0.717, 1.165) is 61.1 Å². The molecule has 1 amide bonds. The van der Waals surface area contributed by atoms with E-state index in [9.17, 15) is 18.0 Å². The Bertz CT molecular complexity index is 1690. The standard InChI is InChI=1S/C34H33F3N4O3/c35-34(36,37)25-9-5-22(6-10-25)19-38-32-18-28(33(42)41-15-3-4-26(41)20-40-13-1-2-14-40)27-11-7-23(16-29(27)39-32)24-8-12-30-31(17-24)44-21-43-30/h5-12,16-18,26H,1-4,13-15,19-21H2,(H,38,39)/t26-/m0/s1. The molecule has 44 heavy (non-hydrogen) atoms. The van der Waals surface area contributed by atoms with Crippen LogP contribution >= 0.6 is 0 Å². The summed E-state index contributed by atoms with van der Waals surface area (Å²) in [5, 5.41) is 4.01. The van der Waals surface area contributed by atoms with Crippen LogP contribution in [0.15, 0.2) is 66.7 Å². The van der Waals surface area contributed by atoms with Gasteiger partial charge in [-0.15, -0.1) is 0 Å². The quantitative estimate of drug-likeness (QED) is 0.247. The number of fused-ring (bicyclic) bond motifs is 2. The fourth-order valence-electron chi connectivity index (χ4n) is 6.47. The molecule has 0 bridgehead atoms. The van der Waals surface area contributed by atoms with Crippen molar-refractivity contribution in [3.63, 3.8) is 0 Å². The number of pyridine rings is 1. The molecule has 7 rings (SSSR count). The number of alkyl halides is 3. The number of carbonyl (C=O) groups is 1. The molecule has 3 aliphatic heterocycles. The second-order valence-electron chi connectivity index (χ2n) is 11.7. The van der Waals surface area contributed by atoms with E-state index in [2.05, 4.69) is 10.2 Å². The van der Waals surface area contributed by atoms with Gasteiger partial charge >= 0.3 is 6.18 Å². The lowest BCUT2D eigenvalue weighted by atomic mass is 10.00. The van der Waals surface area contributed by atoms with E-state index in [0.29, 0.717) is 40.5 Å². The minimum absolute atomic E-state index is 0.0208. The number of aromatic nitrogens is 1. The molecule has 4 aromatic rings. The van der Waals surface area contributed by atoms with Crippen LogP contribution < -0.4 is 14.8 Å². The van der Waals surface area contributed by atoms with E-state index in [1.165, 1.54) is 25.0 Å². The Kier molecular flexibility index (Phi) is 7.53. The summed E-state index contributed by atoms with van der Waals surface area (Å²) < 4.78 is 50.2. The molecule has 3 aliphatic rings. The van der Waals surface area contributed by atoms with Crippen molar-refractivity contribution >= 4 is 22.6 Å². The van der Waals surface area contributed by atoms with Crippen LogP contribution in [0.2, 0.25) is 0 Å². The number of nitrogens with zero attached hydrogens (tertiary/aromatic N) is 3. The highest BCUT2D eigenvalue weighted by Crippen LogP contribution is 2.37. The number of benzene rings is 3. The van der Waals surface area contributed by atoms with Gasteiger partial charge in [-0.2, -0.15) is 13.2 Å². The number of hydrogen-bond donors (Lipinski definition) is 1. The predicted octanol–water partition coefficient (Wildman–Crippen LogP) is 6.96. The van der Waals surface area contributed by atoms with E-state index in [1.54, 1.807) is 6.07 Å². The second kappa shape index (κ2) is 11.6. The molecule has 0 spiro atoms. The normalized spacial score (nSPS) is 18.3. The van der Waals surface area contributed by atoms with Gasteiger partial charge in [0, 0.05) is 31.1 Å². The molecule has 10 heteroatoms. The van der Waals surface area contributed by atoms with Crippen molar-refractivity contribution in [3.8, 4) is 22.6 Å². The van der Waals surface area contributed by atoms with Crippen LogP contribution in [0.25, 0.3) is 22.0 Å². The number of carbonyl (C=O) groups excluding carboxylic acids is 1. The first-order chi connectivity index (χ1) is 21.3. The zero-order chi connectivity index (χ0) is 30.3. The lowest BCUT2D eigenvalue weighted by Crippen LogP contribution is -2.42. The Labute approximate surface area is 253 Å². The molecule has 2 fully saturated rings. The molecule has 1 N–H and O–H groups in total. The summed E-state index contributed by atoms with van der Waals surface area (Å²) in [5.74, 6) is 1.84. The van der Waals surface area contributed by atoms with Gasteiger partial charge in [-0.05, 0) is 91.9 Å². The molecule has 0 aliphatic carbocycles. The number of halogens is 3. The monoisotopic (exact) mass is 602 g/mol. The van der Waals surface area contributed by atoms with Crippen molar-refractivity contribution in [3.05, 3.63) is 83.4 Å². The summed E-state index contributed by atoms with van der Waals surface area (Å²) in [4.78, 5) is 23.5. The van der Waals surface area contributed by atoms with Crippen LogP contribution in [0, 0.1) is 0 Å². The topological polar surface area (TPSA) is 66.9 Å². The van der Waals surface area contributed by atoms with E-state index < -0.39 is 11.7 Å². The number of amides is 1. The van der Waals surface area contributed by atoms with Crippen molar-refractivity contribution in [1.29, 1.82) is 0 Å². The number of rotatable bonds is 7. The zero-order valence-corrected chi connectivity index (χ0v) is 24.2. The van der Waals surface area contributed by atoms with Gasteiger partial charge in [0.15, 0.2) is 11.5 Å². The molecule has 4 heterocycles. The number of likely N-dealkylation sites (tertiary alicyclic amines) is 2. The van der Waals surface area contributed by atoms with Crippen molar-refractivity contribution in [1.82, 2.24) is 14.8 Å². The van der Waals surface area contributed by atoms with Gasteiger partial charge in [0.2, 0.25) is 6.79 Å². The highest BCUT2D eigenvalue weighted by Gasteiger charge is 2.33. The van der Waals surface area contributed by atoms with Gasteiger partial charge in [-0.3, -0.25) is 4.79 Å². The van der Waals surface area contributed by atoms with E-state index >= 15 is 0 Å². The van der Waals surface area contributed by atoms with Crippen LogP contribution in [-0.4, -0.2) is 59.7 Å². The minimum atomic E-state index is -4.39. The molecule has 1 aromatic heterocycles. The maximum Gasteiger partial charge on any atom is 0.416 e. The van der Waals surface area contributed by atoms with E-state index in [4.69, 9.17) is 14.5 Å². The van der Waals surface area contributed by atoms with Gasteiger partial charge < -0.3 is 24.6 Å². The van der Waals surface area contributed by atoms with Crippen LogP contribution in [0.1, 0.15) is 47.2 Å². The van der Waals surface area contributed by atoms with Crippen LogP contribution in [-0.2, 0) is 12.7 Å². The molecule has 1 atom stereocenters. The maximum atomic E-state index is 14.2. The Hall–Kier alpha value is -4.31. The molecular formula is C34H33F3N4O3. The average Bonchev–Trinajstić information content (AvgIpc) is 3.81. The fourth-order valence-corrected chi connectivity index (χ4v) is 6.47. The second-order valence-corrected chi connectivity index (χ2v) is 11.7. The highest BCUT2D eigenvalue weighted by atomic mass is 19.4. The fraction of sp³-hybridized carbons (Fsp3) is 0.353. The van der Waals surface area contributed by atoms with Gasteiger partial charge in [0.1, 0.15) is 5.82 Å². The summed E-state index contributed by atoms with van der Waals surface area (Å²) in [6, 6.07) is 18.6. The van der Waals surface area contributed by atoms with Gasteiger partial charge in [-0.1, -0.05) is 30.3 Å². The first kappa shape index (κ1) is 28.5. The largest absolute Gasteiger partial charge is 0.454 e. The Morgan fingerprint density at radius 2 is 1.64 bits per heavy atom. The van der Waals surface area contributed by atoms with Crippen molar-refractivity contribution in [2.24, 2.45) is 0 Å². The molecule has 0 unspecified atom stereocenters. The Morgan fingerprint density at radius 3 is 2.43 bits per heavy atom. The first-order valence-electron chi connectivity index (χ1n) is 15.1. The van der Waals surface area contributed by atoms with Gasteiger partial charge in [0.25, 0.3) is 5.91 Å². The third-order valence-corrected chi connectivity index (χ3v) is 8.81. The van der Waals surface area contributed by atoms with Crippen molar-refractivity contribution in [2.75, 3.05) is 38.3 Å². The maximum absolute atomic E-state index is 14.2. The number of anilines is 1. The lowest BCUT2D eigenvalue weighted by Gasteiger charge is -2.29. The van der Waals surface area contributed by atoms with E-state index in [-0.39, 0.29) is 25.3 Å². The molecule has 7 nitrogen and oxygen atoms in total. The van der Waals surface area contributed by atoms with Gasteiger partial charge in [0.05, 0.1) is 16.6 Å². The Balaban J connectivity index is 1.22. The SMILES string of the molecule is O=C(c1cc(NCc2ccc(C(F)(F)F)cc2)nc2cc(-c3ccc4c(c3)OCO4)ccc12)N1CCC[C@H]1CN1CCCC1. The smallest absolute Gasteiger partial charge is 0.416 e. The number of nitrogens with one attached hydrogen (secondary N) is 1. The predicted molar refractivity (Wildman–Crippen MR) is 162 cm³/mol. The molecule has 3 aromatic carbocycles. The Morgan fingerprint density at radius 1 is 0.886 bits per heavy atom. The van der Waals surface area contributed by atoms with Crippen LogP contribution in [0.3, 0.4) is 0 Å². The summed E-state index contributed by atoms with van der Waals surface area (Å²) >= 11 is 0. The van der Waals surface area contributed by atoms with Crippen LogP contribution in [0.5, 0.6) is 11.5 Å².